The highest BCUT2D eigenvalue weighted by atomic mass is 32.2. The van der Waals surface area contributed by atoms with E-state index in [1.54, 1.807) is 24.3 Å². The average Bonchev–Trinajstić information content (AvgIpc) is 2.70. The van der Waals surface area contributed by atoms with Gasteiger partial charge in [-0.2, -0.15) is 0 Å². The highest BCUT2D eigenvalue weighted by Crippen LogP contribution is 2.22. The third-order valence-corrected chi connectivity index (χ3v) is 5.57. The number of carbonyl (C=O) groups excluding carboxylic acids is 1. The van der Waals surface area contributed by atoms with Crippen LogP contribution in [0, 0.1) is 0 Å². The molecule has 0 aliphatic heterocycles. The molecule has 0 aliphatic carbocycles. The van der Waals surface area contributed by atoms with Crippen LogP contribution < -0.4 is 11.6 Å². The summed E-state index contributed by atoms with van der Waals surface area (Å²) in [5, 5.41) is 10.4. The maximum absolute atomic E-state index is 11.6. The SMILES string of the molecule is CC(=O)OCC(Cc1ccc(-c2ccc(S(C)(=O)=O)cc2)cc1)N(N)/C=C(\N)CO. The van der Waals surface area contributed by atoms with Crippen LogP contribution in [0.4, 0.5) is 0 Å². The zero-order valence-electron chi connectivity index (χ0n) is 17.0. The quantitative estimate of drug-likeness (QED) is 0.305. The first kappa shape index (κ1) is 23.4. The van der Waals surface area contributed by atoms with Gasteiger partial charge in [-0.1, -0.05) is 36.4 Å². The van der Waals surface area contributed by atoms with Gasteiger partial charge >= 0.3 is 5.97 Å². The molecule has 0 saturated heterocycles. The second-order valence-corrected chi connectivity index (χ2v) is 8.98. The van der Waals surface area contributed by atoms with Crippen molar-refractivity contribution in [2.45, 2.75) is 24.3 Å². The molecule has 0 fully saturated rings. The van der Waals surface area contributed by atoms with Crippen LogP contribution in [0.5, 0.6) is 0 Å². The lowest BCUT2D eigenvalue weighted by atomic mass is 10.0. The molecular weight excluding hydrogens is 406 g/mol. The number of hydrogen-bond acceptors (Lipinski definition) is 8. The molecule has 9 heteroatoms. The molecule has 0 spiro atoms. The molecular formula is C21H27N3O5S. The van der Waals surface area contributed by atoms with Crippen molar-refractivity contribution in [2.75, 3.05) is 19.5 Å². The lowest BCUT2D eigenvalue weighted by Crippen LogP contribution is -2.42. The minimum absolute atomic E-state index is 0.0652. The molecule has 0 aromatic heterocycles. The van der Waals surface area contributed by atoms with Crippen molar-refractivity contribution < 1.29 is 23.1 Å². The number of nitrogens with two attached hydrogens (primary N) is 2. The highest BCUT2D eigenvalue weighted by molar-refractivity contribution is 7.90. The highest BCUT2D eigenvalue weighted by Gasteiger charge is 2.16. The fourth-order valence-corrected chi connectivity index (χ4v) is 3.43. The number of ether oxygens (including phenoxy) is 1. The van der Waals surface area contributed by atoms with Crippen LogP contribution in [0.3, 0.4) is 0 Å². The third-order valence-electron chi connectivity index (χ3n) is 4.44. The second kappa shape index (κ2) is 10.2. The Morgan fingerprint density at radius 3 is 2.13 bits per heavy atom. The van der Waals surface area contributed by atoms with Crippen LogP contribution >= 0.6 is 0 Å². The fourth-order valence-electron chi connectivity index (χ4n) is 2.80. The number of hydrogen-bond donors (Lipinski definition) is 3. The van der Waals surface area contributed by atoms with Crippen LogP contribution in [0.1, 0.15) is 12.5 Å². The van der Waals surface area contributed by atoms with Gasteiger partial charge in [0.25, 0.3) is 0 Å². The summed E-state index contributed by atoms with van der Waals surface area (Å²) in [6.45, 7) is 1.05. The molecule has 0 amide bonds. The molecule has 0 saturated carbocycles. The summed E-state index contributed by atoms with van der Waals surface area (Å²) >= 11 is 0. The monoisotopic (exact) mass is 433 g/mol. The zero-order valence-corrected chi connectivity index (χ0v) is 17.8. The number of aliphatic hydroxyl groups excluding tert-OH is 1. The van der Waals surface area contributed by atoms with Crippen molar-refractivity contribution in [3.8, 4) is 11.1 Å². The Kier molecular flexibility index (Phi) is 7.99. The third kappa shape index (κ3) is 6.87. The van der Waals surface area contributed by atoms with E-state index in [-0.39, 0.29) is 29.8 Å². The predicted molar refractivity (Wildman–Crippen MR) is 114 cm³/mol. The Morgan fingerprint density at radius 1 is 1.13 bits per heavy atom. The van der Waals surface area contributed by atoms with E-state index in [0.29, 0.717) is 6.42 Å². The van der Waals surface area contributed by atoms with Gasteiger partial charge in [-0.3, -0.25) is 4.79 Å². The van der Waals surface area contributed by atoms with Gasteiger partial charge in [-0.15, -0.1) is 0 Å². The smallest absolute Gasteiger partial charge is 0.302 e. The number of benzene rings is 2. The van der Waals surface area contributed by atoms with Crippen LogP contribution in [-0.4, -0.2) is 50.0 Å². The molecule has 0 heterocycles. The fraction of sp³-hybridized carbons (Fsp3) is 0.286. The van der Waals surface area contributed by atoms with Crippen molar-refractivity contribution in [2.24, 2.45) is 11.6 Å². The van der Waals surface area contributed by atoms with Crippen molar-refractivity contribution in [1.29, 1.82) is 0 Å². The standard InChI is InChI=1S/C21H27N3O5S/c1-15(26)29-14-20(24(23)12-19(22)13-25)11-16-3-5-17(6-4-16)18-7-9-21(10-8-18)30(2,27)28/h3-10,12,20,25H,11,13-14,22-23H2,1-2H3/b19-12-. The Hall–Kier alpha value is -2.88. The van der Waals surface area contributed by atoms with Gasteiger partial charge in [0.2, 0.25) is 0 Å². The van der Waals surface area contributed by atoms with E-state index < -0.39 is 15.8 Å². The first-order valence-electron chi connectivity index (χ1n) is 9.23. The number of rotatable bonds is 9. The first-order chi connectivity index (χ1) is 14.1. The number of hydrazine groups is 1. The van der Waals surface area contributed by atoms with Gasteiger partial charge in [0.1, 0.15) is 6.61 Å². The van der Waals surface area contributed by atoms with Gasteiger partial charge in [0.15, 0.2) is 9.84 Å². The molecule has 2 aromatic rings. The summed E-state index contributed by atoms with van der Waals surface area (Å²) in [7, 11) is -3.23. The summed E-state index contributed by atoms with van der Waals surface area (Å²) in [5.41, 5.74) is 8.60. The molecule has 1 atom stereocenters. The topological polar surface area (TPSA) is 136 Å². The summed E-state index contributed by atoms with van der Waals surface area (Å²) in [5.74, 6) is 5.61. The summed E-state index contributed by atoms with van der Waals surface area (Å²) < 4.78 is 28.3. The van der Waals surface area contributed by atoms with Gasteiger partial charge in [0, 0.05) is 19.4 Å². The Bertz CT molecular complexity index is 986. The van der Waals surface area contributed by atoms with Gasteiger partial charge in [-0.25, -0.2) is 14.3 Å². The predicted octanol–water partition coefficient (Wildman–Crippen LogP) is 1.20. The molecule has 0 radical (unpaired) electrons. The van der Waals surface area contributed by atoms with E-state index in [2.05, 4.69) is 0 Å². The molecule has 30 heavy (non-hydrogen) atoms. The summed E-state index contributed by atoms with van der Waals surface area (Å²) in [6, 6.07) is 14.0. The molecule has 0 aliphatic rings. The number of carbonyl (C=O) groups is 1. The van der Waals surface area contributed by atoms with Crippen LogP contribution in [0.2, 0.25) is 0 Å². The van der Waals surface area contributed by atoms with Gasteiger partial charge in [-0.05, 0) is 35.2 Å². The normalized spacial score (nSPS) is 13.0. The lowest BCUT2D eigenvalue weighted by Gasteiger charge is -2.26. The lowest BCUT2D eigenvalue weighted by molar-refractivity contribution is -0.142. The van der Waals surface area contributed by atoms with Gasteiger partial charge < -0.3 is 20.6 Å². The van der Waals surface area contributed by atoms with Crippen molar-refractivity contribution >= 4 is 15.8 Å². The number of aliphatic hydroxyl groups is 1. The van der Waals surface area contributed by atoms with E-state index in [9.17, 15) is 13.2 Å². The minimum Gasteiger partial charge on any atom is -0.464 e. The first-order valence-corrected chi connectivity index (χ1v) is 11.1. The molecule has 0 bridgehead atoms. The maximum atomic E-state index is 11.6. The van der Waals surface area contributed by atoms with Crippen molar-refractivity contribution in [3.63, 3.8) is 0 Å². The van der Waals surface area contributed by atoms with E-state index in [1.807, 2.05) is 24.3 Å². The van der Waals surface area contributed by atoms with Crippen LogP contribution in [0.15, 0.2) is 65.3 Å². The number of nitrogens with zero attached hydrogens (tertiary/aromatic N) is 1. The molecule has 2 aromatic carbocycles. The Balaban J connectivity index is 2.16. The number of sulfone groups is 1. The van der Waals surface area contributed by atoms with Crippen LogP contribution in [-0.2, 0) is 25.8 Å². The molecule has 162 valence electrons. The number of esters is 1. The summed E-state index contributed by atoms with van der Waals surface area (Å²) in [6.07, 6.45) is 3.06. The summed E-state index contributed by atoms with van der Waals surface area (Å²) in [4.78, 5) is 11.5. The van der Waals surface area contributed by atoms with Gasteiger partial charge in [0.05, 0.1) is 23.2 Å². The Labute approximate surface area is 176 Å². The van der Waals surface area contributed by atoms with E-state index in [4.69, 9.17) is 21.4 Å². The molecule has 2 rings (SSSR count). The largest absolute Gasteiger partial charge is 0.464 e. The van der Waals surface area contributed by atoms with E-state index in [1.165, 1.54) is 24.4 Å². The van der Waals surface area contributed by atoms with E-state index >= 15 is 0 Å². The zero-order chi connectivity index (χ0) is 22.3. The van der Waals surface area contributed by atoms with E-state index in [0.717, 1.165) is 16.7 Å². The average molecular weight is 434 g/mol. The van der Waals surface area contributed by atoms with Crippen molar-refractivity contribution in [1.82, 2.24) is 5.01 Å². The minimum atomic E-state index is -3.23. The van der Waals surface area contributed by atoms with Crippen LogP contribution in [0.25, 0.3) is 11.1 Å². The second-order valence-electron chi connectivity index (χ2n) is 6.96. The molecule has 5 N–H and O–H groups in total. The van der Waals surface area contributed by atoms with Crippen molar-refractivity contribution in [3.05, 3.63) is 66.0 Å². The maximum Gasteiger partial charge on any atom is 0.302 e. The molecule has 8 nitrogen and oxygen atoms in total. The Morgan fingerprint density at radius 2 is 1.67 bits per heavy atom. The molecule has 1 unspecified atom stereocenters.